The second-order valence-corrected chi connectivity index (χ2v) is 5.40. The Balaban J connectivity index is 0.00000225. The summed E-state index contributed by atoms with van der Waals surface area (Å²) < 4.78 is 1.56. The van der Waals surface area contributed by atoms with Crippen LogP contribution in [0.3, 0.4) is 0 Å². The number of hydrogen-bond acceptors (Lipinski definition) is 2. The minimum absolute atomic E-state index is 0. The van der Waals surface area contributed by atoms with E-state index >= 15 is 0 Å². The van der Waals surface area contributed by atoms with Gasteiger partial charge in [-0.15, -0.1) is 12.4 Å². The van der Waals surface area contributed by atoms with E-state index in [9.17, 15) is 9.59 Å². The first-order chi connectivity index (χ1) is 11.5. The van der Waals surface area contributed by atoms with Gasteiger partial charge in [0.05, 0.1) is 5.69 Å². The van der Waals surface area contributed by atoms with Crippen LogP contribution in [0.25, 0.3) is 22.0 Å². The Morgan fingerprint density at radius 1 is 1.04 bits per heavy atom. The van der Waals surface area contributed by atoms with Crippen LogP contribution < -0.4 is 17.0 Å². The number of aromatic nitrogens is 1. The van der Waals surface area contributed by atoms with E-state index in [1.54, 1.807) is 23.7 Å². The SMILES string of the molecule is Cl.Cn1c(-c2ccccc2)cc2ccc(C(=O)N=C(N)N)cc2c1=O. The van der Waals surface area contributed by atoms with Crippen molar-refractivity contribution in [2.45, 2.75) is 0 Å². The maximum atomic E-state index is 12.7. The molecular formula is C18H17ClN4O2. The van der Waals surface area contributed by atoms with Gasteiger partial charge < -0.3 is 16.0 Å². The van der Waals surface area contributed by atoms with E-state index in [-0.39, 0.29) is 29.5 Å². The molecule has 0 bridgehead atoms. The number of carbonyl (C=O) groups is 1. The van der Waals surface area contributed by atoms with Crippen molar-refractivity contribution in [3.8, 4) is 11.3 Å². The minimum Gasteiger partial charge on any atom is -0.370 e. The van der Waals surface area contributed by atoms with Crippen molar-refractivity contribution < 1.29 is 4.79 Å². The molecule has 0 saturated heterocycles. The zero-order valence-electron chi connectivity index (χ0n) is 13.5. The molecular weight excluding hydrogens is 340 g/mol. The molecule has 3 rings (SSSR count). The lowest BCUT2D eigenvalue weighted by Gasteiger charge is -2.11. The summed E-state index contributed by atoms with van der Waals surface area (Å²) in [5.41, 5.74) is 12.3. The molecule has 4 N–H and O–H groups in total. The molecule has 25 heavy (non-hydrogen) atoms. The van der Waals surface area contributed by atoms with Gasteiger partial charge in [-0.2, -0.15) is 4.99 Å². The van der Waals surface area contributed by atoms with Gasteiger partial charge in [0.25, 0.3) is 11.5 Å². The number of carbonyl (C=O) groups excluding carboxylic acids is 1. The van der Waals surface area contributed by atoms with Crippen molar-refractivity contribution in [2.75, 3.05) is 0 Å². The van der Waals surface area contributed by atoms with E-state index in [1.807, 2.05) is 36.4 Å². The molecule has 0 fully saturated rings. The van der Waals surface area contributed by atoms with E-state index in [2.05, 4.69) is 4.99 Å². The van der Waals surface area contributed by atoms with Crippen LogP contribution in [0, 0.1) is 0 Å². The Hall–Kier alpha value is -3.12. The Bertz CT molecular complexity index is 1020. The monoisotopic (exact) mass is 356 g/mol. The number of hydrogen-bond donors (Lipinski definition) is 2. The predicted molar refractivity (Wildman–Crippen MR) is 102 cm³/mol. The molecule has 0 aliphatic rings. The molecule has 0 unspecified atom stereocenters. The zero-order chi connectivity index (χ0) is 17.3. The minimum atomic E-state index is -0.578. The number of nitrogens with two attached hydrogens (primary N) is 2. The summed E-state index contributed by atoms with van der Waals surface area (Å²) in [6, 6.07) is 16.4. The van der Waals surface area contributed by atoms with Crippen LogP contribution in [0.15, 0.2) is 64.4 Å². The molecule has 6 nitrogen and oxygen atoms in total. The third-order valence-corrected chi connectivity index (χ3v) is 3.79. The van der Waals surface area contributed by atoms with Crippen molar-refractivity contribution in [3.05, 3.63) is 70.5 Å². The molecule has 0 aliphatic carbocycles. The van der Waals surface area contributed by atoms with E-state index in [0.717, 1.165) is 16.6 Å². The molecule has 0 spiro atoms. The molecule has 2 aromatic carbocycles. The molecule has 1 aromatic heterocycles. The van der Waals surface area contributed by atoms with Gasteiger partial charge >= 0.3 is 0 Å². The average Bonchev–Trinajstić information content (AvgIpc) is 2.58. The number of benzene rings is 2. The van der Waals surface area contributed by atoms with Crippen LogP contribution in [-0.2, 0) is 7.05 Å². The van der Waals surface area contributed by atoms with Crippen molar-refractivity contribution in [1.29, 1.82) is 0 Å². The first kappa shape index (κ1) is 18.2. The smallest absolute Gasteiger partial charge is 0.280 e. The van der Waals surface area contributed by atoms with Gasteiger partial charge in [0.2, 0.25) is 0 Å². The molecule has 0 atom stereocenters. The van der Waals surface area contributed by atoms with Gasteiger partial charge in [0, 0.05) is 18.0 Å². The average molecular weight is 357 g/mol. The number of nitrogens with zero attached hydrogens (tertiary/aromatic N) is 2. The van der Waals surface area contributed by atoms with Crippen LogP contribution >= 0.6 is 12.4 Å². The topological polar surface area (TPSA) is 103 Å². The number of fused-ring (bicyclic) bond motifs is 1. The number of guanidine groups is 1. The fourth-order valence-corrected chi connectivity index (χ4v) is 2.60. The highest BCUT2D eigenvalue weighted by Crippen LogP contribution is 2.22. The molecule has 3 aromatic rings. The molecule has 0 aliphatic heterocycles. The first-order valence-corrected chi connectivity index (χ1v) is 7.30. The Labute approximate surface area is 150 Å². The summed E-state index contributed by atoms with van der Waals surface area (Å²) in [4.78, 5) is 28.1. The second kappa shape index (κ2) is 7.19. The third kappa shape index (κ3) is 3.54. The highest BCUT2D eigenvalue weighted by molar-refractivity contribution is 6.04. The summed E-state index contributed by atoms with van der Waals surface area (Å²) >= 11 is 0. The van der Waals surface area contributed by atoms with Gasteiger partial charge in [-0.05, 0) is 29.1 Å². The Morgan fingerprint density at radius 2 is 1.72 bits per heavy atom. The molecule has 128 valence electrons. The quantitative estimate of drug-likeness (QED) is 0.541. The van der Waals surface area contributed by atoms with Gasteiger partial charge in [0.15, 0.2) is 5.96 Å². The summed E-state index contributed by atoms with van der Waals surface area (Å²) in [5.74, 6) is -0.890. The number of pyridine rings is 1. The van der Waals surface area contributed by atoms with Crippen LogP contribution in [0.5, 0.6) is 0 Å². The van der Waals surface area contributed by atoms with E-state index in [1.165, 1.54) is 6.07 Å². The van der Waals surface area contributed by atoms with Crippen LogP contribution in [0.1, 0.15) is 10.4 Å². The number of rotatable bonds is 2. The molecule has 7 heteroatoms. The zero-order valence-corrected chi connectivity index (χ0v) is 14.3. The second-order valence-electron chi connectivity index (χ2n) is 5.40. The van der Waals surface area contributed by atoms with Crippen LogP contribution in [-0.4, -0.2) is 16.4 Å². The van der Waals surface area contributed by atoms with Crippen molar-refractivity contribution in [3.63, 3.8) is 0 Å². The van der Waals surface area contributed by atoms with Crippen molar-refractivity contribution in [1.82, 2.24) is 4.57 Å². The van der Waals surface area contributed by atoms with Crippen LogP contribution in [0.4, 0.5) is 0 Å². The van der Waals surface area contributed by atoms with Gasteiger partial charge in [-0.1, -0.05) is 36.4 Å². The standard InChI is InChI=1S/C18H16N4O2.ClH/c1-22-15(11-5-3-2-4-6-11)10-12-7-8-13(9-14(12)17(22)24)16(23)21-18(19)20;/h2-10H,1H3,(H4,19,20,21,23);1H. The Kier molecular flexibility index (Phi) is 5.24. The van der Waals surface area contributed by atoms with Crippen molar-refractivity contribution in [2.24, 2.45) is 23.5 Å². The summed E-state index contributed by atoms with van der Waals surface area (Å²) in [7, 11) is 1.70. The number of aliphatic imine (C=N–C) groups is 1. The van der Waals surface area contributed by atoms with Gasteiger partial charge in [0.1, 0.15) is 0 Å². The number of amides is 1. The Morgan fingerprint density at radius 3 is 2.36 bits per heavy atom. The van der Waals surface area contributed by atoms with Gasteiger partial charge in [-0.3, -0.25) is 9.59 Å². The van der Waals surface area contributed by atoms with E-state index in [4.69, 9.17) is 11.5 Å². The number of halogens is 1. The maximum Gasteiger partial charge on any atom is 0.280 e. The lowest BCUT2D eigenvalue weighted by atomic mass is 10.0. The fraction of sp³-hybridized carbons (Fsp3) is 0.0556. The summed E-state index contributed by atoms with van der Waals surface area (Å²) in [6.07, 6.45) is 0. The third-order valence-electron chi connectivity index (χ3n) is 3.79. The molecule has 1 amide bonds. The summed E-state index contributed by atoms with van der Waals surface area (Å²) in [6.45, 7) is 0. The lowest BCUT2D eigenvalue weighted by molar-refractivity contribution is 0.100. The molecule has 0 radical (unpaired) electrons. The highest BCUT2D eigenvalue weighted by Gasteiger charge is 2.11. The molecule has 1 heterocycles. The van der Waals surface area contributed by atoms with E-state index in [0.29, 0.717) is 5.39 Å². The molecule has 0 saturated carbocycles. The van der Waals surface area contributed by atoms with Crippen molar-refractivity contribution >= 4 is 35.0 Å². The highest BCUT2D eigenvalue weighted by atomic mass is 35.5. The van der Waals surface area contributed by atoms with E-state index < -0.39 is 5.91 Å². The first-order valence-electron chi connectivity index (χ1n) is 7.30. The lowest BCUT2D eigenvalue weighted by Crippen LogP contribution is -2.24. The fourth-order valence-electron chi connectivity index (χ4n) is 2.60. The normalized spacial score (nSPS) is 10.1. The van der Waals surface area contributed by atoms with Gasteiger partial charge in [-0.25, -0.2) is 0 Å². The summed E-state index contributed by atoms with van der Waals surface area (Å²) in [5, 5.41) is 1.19. The maximum absolute atomic E-state index is 12.7. The largest absolute Gasteiger partial charge is 0.370 e. The van der Waals surface area contributed by atoms with Crippen LogP contribution in [0.2, 0.25) is 0 Å². The predicted octanol–water partition coefficient (Wildman–Crippen LogP) is 2.04.